The van der Waals surface area contributed by atoms with Crippen LogP contribution < -0.4 is 14.8 Å². The van der Waals surface area contributed by atoms with Gasteiger partial charge in [-0.3, -0.25) is 4.79 Å². The number of hydrogen-bond donors (Lipinski definition) is 1. The minimum absolute atomic E-state index is 0.0687. The van der Waals surface area contributed by atoms with Crippen LogP contribution in [-0.4, -0.2) is 18.0 Å². The summed E-state index contributed by atoms with van der Waals surface area (Å²) in [6, 6.07) is 35.9. The van der Waals surface area contributed by atoms with Crippen LogP contribution in [0.15, 0.2) is 109 Å². The first-order valence-electron chi connectivity index (χ1n) is 12.5. The third-order valence-corrected chi connectivity index (χ3v) is 6.70. The molecule has 6 rings (SSSR count). The van der Waals surface area contributed by atoms with Gasteiger partial charge in [0, 0.05) is 11.1 Å². The highest BCUT2D eigenvalue weighted by Crippen LogP contribution is 2.41. The van der Waals surface area contributed by atoms with Crippen molar-refractivity contribution in [1.29, 1.82) is 0 Å². The lowest BCUT2D eigenvalue weighted by atomic mass is 9.92. The average molecular weight is 499 g/mol. The van der Waals surface area contributed by atoms with Crippen molar-refractivity contribution in [2.24, 2.45) is 0 Å². The zero-order chi connectivity index (χ0) is 25.9. The molecule has 0 saturated heterocycles. The standard InChI is InChI=1S/C33H26N2O3/c1-37-30-17-16-24(18-31(30)38-21-22-10-4-2-5-11-22)26-19-29(23-12-6-3-7-13-23)35-33-25-14-8-9-15-28(25)34-32(36)20-27(26)33/h2-19H,20-21H2,1H3,(H,34,36). The highest BCUT2D eigenvalue weighted by Gasteiger charge is 2.25. The first-order valence-corrected chi connectivity index (χ1v) is 12.5. The fraction of sp³-hybridized carbons (Fsp3) is 0.0909. The second-order valence-electron chi connectivity index (χ2n) is 9.16. The van der Waals surface area contributed by atoms with Crippen molar-refractivity contribution in [3.05, 3.63) is 120 Å². The Balaban J connectivity index is 1.53. The Morgan fingerprint density at radius 2 is 1.50 bits per heavy atom. The Bertz CT molecular complexity index is 1620. The van der Waals surface area contributed by atoms with Gasteiger partial charge in [-0.2, -0.15) is 0 Å². The Morgan fingerprint density at radius 1 is 0.763 bits per heavy atom. The van der Waals surface area contributed by atoms with Crippen molar-refractivity contribution in [2.75, 3.05) is 12.4 Å². The lowest BCUT2D eigenvalue weighted by Crippen LogP contribution is -2.13. The average Bonchev–Trinajstić information content (AvgIpc) is 3.11. The molecular formula is C33H26N2O3. The molecule has 5 nitrogen and oxygen atoms in total. The number of rotatable bonds is 6. The summed E-state index contributed by atoms with van der Waals surface area (Å²) in [6.45, 7) is 0.417. The van der Waals surface area contributed by atoms with Crippen LogP contribution in [0.2, 0.25) is 0 Å². The number of benzene rings is 4. The van der Waals surface area contributed by atoms with Gasteiger partial charge in [0.2, 0.25) is 5.91 Å². The summed E-state index contributed by atoms with van der Waals surface area (Å²) in [5.41, 5.74) is 8.13. The van der Waals surface area contributed by atoms with E-state index in [-0.39, 0.29) is 12.3 Å². The van der Waals surface area contributed by atoms with E-state index in [9.17, 15) is 4.79 Å². The van der Waals surface area contributed by atoms with Crippen molar-refractivity contribution in [3.63, 3.8) is 0 Å². The molecule has 5 aromatic rings. The minimum Gasteiger partial charge on any atom is -0.493 e. The zero-order valence-electron chi connectivity index (χ0n) is 21.0. The summed E-state index contributed by atoms with van der Waals surface area (Å²) in [7, 11) is 1.64. The van der Waals surface area contributed by atoms with E-state index in [1.54, 1.807) is 7.11 Å². The molecule has 38 heavy (non-hydrogen) atoms. The van der Waals surface area contributed by atoms with Crippen molar-refractivity contribution < 1.29 is 14.3 Å². The van der Waals surface area contributed by atoms with Gasteiger partial charge in [0.15, 0.2) is 11.5 Å². The number of aromatic nitrogens is 1. The van der Waals surface area contributed by atoms with E-state index in [0.29, 0.717) is 18.1 Å². The van der Waals surface area contributed by atoms with Crippen LogP contribution in [0.3, 0.4) is 0 Å². The highest BCUT2D eigenvalue weighted by molar-refractivity contribution is 6.02. The third kappa shape index (κ3) is 4.62. The normalized spacial score (nSPS) is 12.1. The largest absolute Gasteiger partial charge is 0.493 e. The quantitative estimate of drug-likeness (QED) is 0.270. The summed E-state index contributed by atoms with van der Waals surface area (Å²) < 4.78 is 11.8. The van der Waals surface area contributed by atoms with Crippen molar-refractivity contribution in [3.8, 4) is 45.1 Å². The number of methoxy groups -OCH3 is 1. The zero-order valence-corrected chi connectivity index (χ0v) is 21.0. The van der Waals surface area contributed by atoms with Crippen molar-refractivity contribution >= 4 is 11.6 Å². The first kappa shape index (κ1) is 23.5. The van der Waals surface area contributed by atoms with Gasteiger partial charge in [-0.05, 0) is 46.5 Å². The summed E-state index contributed by atoms with van der Waals surface area (Å²) in [5.74, 6) is 1.22. The molecule has 186 valence electrons. The molecule has 2 heterocycles. The summed E-state index contributed by atoms with van der Waals surface area (Å²) in [6.07, 6.45) is 0.216. The van der Waals surface area contributed by atoms with Gasteiger partial charge in [0.25, 0.3) is 0 Å². The number of hydrogen-bond acceptors (Lipinski definition) is 4. The van der Waals surface area contributed by atoms with Crippen LogP contribution in [0, 0.1) is 0 Å². The first-order chi connectivity index (χ1) is 18.7. The number of carbonyl (C=O) groups excluding carboxylic acids is 1. The minimum atomic E-state index is -0.0687. The molecule has 1 aromatic heterocycles. The van der Waals surface area contributed by atoms with Gasteiger partial charge in [0.05, 0.1) is 30.6 Å². The fourth-order valence-corrected chi connectivity index (χ4v) is 4.83. The second kappa shape index (κ2) is 10.2. The molecule has 0 atom stereocenters. The summed E-state index contributed by atoms with van der Waals surface area (Å²) in [5, 5.41) is 3.05. The monoisotopic (exact) mass is 498 g/mol. The Hall–Kier alpha value is -4.90. The van der Waals surface area contributed by atoms with Crippen molar-refractivity contribution in [1.82, 2.24) is 4.98 Å². The number of para-hydroxylation sites is 1. The van der Waals surface area contributed by atoms with E-state index in [2.05, 4.69) is 11.4 Å². The number of anilines is 1. The van der Waals surface area contributed by atoms with Crippen LogP contribution in [0.5, 0.6) is 11.5 Å². The van der Waals surface area contributed by atoms with Gasteiger partial charge < -0.3 is 14.8 Å². The fourth-order valence-electron chi connectivity index (χ4n) is 4.83. The number of pyridine rings is 1. The molecule has 1 N–H and O–H groups in total. The predicted molar refractivity (Wildman–Crippen MR) is 150 cm³/mol. The number of ether oxygens (including phenoxy) is 2. The van der Waals surface area contributed by atoms with E-state index in [1.165, 1.54) is 0 Å². The van der Waals surface area contributed by atoms with Gasteiger partial charge >= 0.3 is 0 Å². The lowest BCUT2D eigenvalue weighted by molar-refractivity contribution is -0.115. The van der Waals surface area contributed by atoms with Gasteiger partial charge in [-0.25, -0.2) is 4.98 Å². The SMILES string of the molecule is COc1ccc(-c2cc(-c3ccccc3)nc3c2CC(=O)Nc2ccccc2-3)cc1OCc1ccccc1. The Morgan fingerprint density at radius 3 is 2.29 bits per heavy atom. The molecule has 0 saturated carbocycles. The topological polar surface area (TPSA) is 60.5 Å². The summed E-state index contributed by atoms with van der Waals surface area (Å²) in [4.78, 5) is 18.1. The lowest BCUT2D eigenvalue weighted by Gasteiger charge is -2.17. The van der Waals surface area contributed by atoms with Crippen LogP contribution in [-0.2, 0) is 17.8 Å². The Labute approximate surface area is 221 Å². The smallest absolute Gasteiger partial charge is 0.228 e. The molecule has 5 heteroatoms. The maximum Gasteiger partial charge on any atom is 0.228 e. The molecule has 0 radical (unpaired) electrons. The molecule has 4 aromatic carbocycles. The number of fused-ring (bicyclic) bond motifs is 3. The highest BCUT2D eigenvalue weighted by atomic mass is 16.5. The number of amides is 1. The Kier molecular flexibility index (Phi) is 6.32. The summed E-state index contributed by atoms with van der Waals surface area (Å²) >= 11 is 0. The van der Waals surface area contributed by atoms with Crippen LogP contribution >= 0.6 is 0 Å². The third-order valence-electron chi connectivity index (χ3n) is 6.70. The predicted octanol–water partition coefficient (Wildman–Crippen LogP) is 7.16. The van der Waals surface area contributed by atoms with Crippen LogP contribution in [0.1, 0.15) is 11.1 Å². The van der Waals surface area contributed by atoms with E-state index >= 15 is 0 Å². The number of nitrogens with one attached hydrogen (secondary N) is 1. The molecule has 1 amide bonds. The molecular weight excluding hydrogens is 472 g/mol. The van der Waals surface area contributed by atoms with E-state index in [4.69, 9.17) is 14.5 Å². The van der Waals surface area contributed by atoms with Gasteiger partial charge in [-0.15, -0.1) is 0 Å². The maximum atomic E-state index is 13.0. The van der Waals surface area contributed by atoms with E-state index < -0.39 is 0 Å². The molecule has 1 aliphatic heterocycles. The number of nitrogens with zero attached hydrogens (tertiary/aromatic N) is 1. The maximum absolute atomic E-state index is 13.0. The second-order valence-corrected chi connectivity index (χ2v) is 9.16. The van der Waals surface area contributed by atoms with Gasteiger partial charge in [0.1, 0.15) is 6.61 Å². The van der Waals surface area contributed by atoms with E-state index in [0.717, 1.165) is 50.5 Å². The number of carbonyl (C=O) groups is 1. The van der Waals surface area contributed by atoms with Crippen molar-refractivity contribution in [2.45, 2.75) is 13.0 Å². The molecule has 0 unspecified atom stereocenters. The van der Waals surface area contributed by atoms with Gasteiger partial charge in [-0.1, -0.05) is 84.9 Å². The van der Waals surface area contributed by atoms with Crippen LogP contribution in [0.25, 0.3) is 33.6 Å². The van der Waals surface area contributed by atoms with Crippen LogP contribution in [0.4, 0.5) is 5.69 Å². The molecule has 0 aliphatic carbocycles. The molecule has 1 aliphatic rings. The molecule has 0 fully saturated rings. The van der Waals surface area contributed by atoms with E-state index in [1.807, 2.05) is 103 Å². The molecule has 0 bridgehead atoms. The molecule has 0 spiro atoms.